The lowest BCUT2D eigenvalue weighted by molar-refractivity contribution is -0.117. The second-order valence-electron chi connectivity index (χ2n) is 5.85. The van der Waals surface area contributed by atoms with Gasteiger partial charge in [-0.1, -0.05) is 31.5 Å². The zero-order valence-electron chi connectivity index (χ0n) is 14.8. The third kappa shape index (κ3) is 3.98. The van der Waals surface area contributed by atoms with E-state index in [2.05, 4.69) is 10.3 Å². The lowest BCUT2D eigenvalue weighted by Gasteiger charge is -2.14. The molecule has 1 atom stereocenters. The topological polar surface area (TPSA) is 82.2 Å². The molecule has 138 valence electrons. The first-order chi connectivity index (χ1) is 12.1. The van der Waals surface area contributed by atoms with Crippen LogP contribution in [0.3, 0.4) is 0 Å². The summed E-state index contributed by atoms with van der Waals surface area (Å²) in [4.78, 5) is 16.9. The minimum atomic E-state index is -0.552. The number of nitrogens with one attached hydrogen (secondary N) is 1. The van der Waals surface area contributed by atoms with Crippen LogP contribution in [0.25, 0.3) is 16.7 Å². The lowest BCUT2D eigenvalue weighted by atomic mass is 10.2. The van der Waals surface area contributed by atoms with Crippen LogP contribution in [-0.2, 0) is 4.79 Å². The van der Waals surface area contributed by atoms with Gasteiger partial charge < -0.3 is 10.5 Å². The molecule has 1 aromatic heterocycles. The molecule has 3 N–H and O–H groups in total. The van der Waals surface area contributed by atoms with Crippen LogP contribution in [0.4, 0.5) is 5.95 Å². The second kappa shape index (κ2) is 8.69. The highest BCUT2D eigenvalue weighted by Crippen LogP contribution is 2.26. The molecule has 2 aromatic carbocycles. The number of imidazole rings is 1. The van der Waals surface area contributed by atoms with Crippen molar-refractivity contribution in [1.29, 1.82) is 0 Å². The number of para-hydroxylation sites is 2. The highest BCUT2D eigenvalue weighted by atomic mass is 35.5. The summed E-state index contributed by atoms with van der Waals surface area (Å²) in [5.41, 5.74) is 8.48. The molecule has 0 fully saturated rings. The zero-order valence-corrected chi connectivity index (χ0v) is 15.6. The number of nitrogens with zero attached hydrogens (tertiary/aromatic N) is 2. The Morgan fingerprint density at radius 3 is 2.77 bits per heavy atom. The maximum atomic E-state index is 12.4. The summed E-state index contributed by atoms with van der Waals surface area (Å²) in [7, 11) is 1.62. The van der Waals surface area contributed by atoms with Gasteiger partial charge in [0.25, 0.3) is 0 Å². The van der Waals surface area contributed by atoms with Crippen LogP contribution in [0.5, 0.6) is 5.75 Å². The number of nitrogens with two attached hydrogens (primary N) is 1. The summed E-state index contributed by atoms with van der Waals surface area (Å²) in [5.74, 6) is 0.947. The molecule has 1 heterocycles. The summed E-state index contributed by atoms with van der Waals surface area (Å²) >= 11 is 0. The smallest absolute Gasteiger partial charge is 0.243 e. The highest BCUT2D eigenvalue weighted by Gasteiger charge is 2.18. The Morgan fingerprint density at radius 1 is 1.27 bits per heavy atom. The van der Waals surface area contributed by atoms with Crippen LogP contribution in [0.1, 0.15) is 19.8 Å². The summed E-state index contributed by atoms with van der Waals surface area (Å²) in [6, 6.07) is 14.8. The number of amides is 1. The quantitative estimate of drug-likeness (QED) is 0.691. The van der Waals surface area contributed by atoms with E-state index < -0.39 is 6.04 Å². The molecule has 0 aliphatic rings. The second-order valence-corrected chi connectivity index (χ2v) is 5.85. The van der Waals surface area contributed by atoms with Crippen molar-refractivity contribution in [2.45, 2.75) is 25.8 Å². The summed E-state index contributed by atoms with van der Waals surface area (Å²) in [6.07, 6.45) is 1.48. The molecule has 0 aliphatic carbocycles. The fourth-order valence-corrected chi connectivity index (χ4v) is 2.77. The van der Waals surface area contributed by atoms with E-state index in [-0.39, 0.29) is 18.3 Å². The molecule has 0 saturated carbocycles. The molecule has 26 heavy (non-hydrogen) atoms. The number of carbonyl (C=O) groups is 1. The molecule has 1 amide bonds. The molecule has 0 spiro atoms. The van der Waals surface area contributed by atoms with Gasteiger partial charge in [-0.3, -0.25) is 14.7 Å². The lowest BCUT2D eigenvalue weighted by Crippen LogP contribution is -2.36. The fraction of sp³-hybridized carbons (Fsp3) is 0.263. The van der Waals surface area contributed by atoms with E-state index >= 15 is 0 Å². The number of aromatic nitrogens is 2. The molecule has 3 rings (SSSR count). The third-order valence-corrected chi connectivity index (χ3v) is 4.04. The minimum Gasteiger partial charge on any atom is -0.497 e. The number of fused-ring (bicyclic) bond motifs is 1. The van der Waals surface area contributed by atoms with Crippen molar-refractivity contribution in [2.24, 2.45) is 5.73 Å². The number of anilines is 1. The van der Waals surface area contributed by atoms with E-state index in [9.17, 15) is 4.79 Å². The van der Waals surface area contributed by atoms with E-state index in [0.29, 0.717) is 12.4 Å². The molecule has 6 nitrogen and oxygen atoms in total. The monoisotopic (exact) mass is 374 g/mol. The van der Waals surface area contributed by atoms with Gasteiger partial charge in [0.2, 0.25) is 11.9 Å². The van der Waals surface area contributed by atoms with Gasteiger partial charge in [-0.05, 0) is 30.7 Å². The minimum absolute atomic E-state index is 0. The van der Waals surface area contributed by atoms with Crippen molar-refractivity contribution in [3.8, 4) is 11.4 Å². The first-order valence-corrected chi connectivity index (χ1v) is 8.32. The van der Waals surface area contributed by atoms with Crippen molar-refractivity contribution in [3.63, 3.8) is 0 Å². The Morgan fingerprint density at radius 2 is 2.04 bits per heavy atom. The Hall–Kier alpha value is -2.57. The van der Waals surface area contributed by atoms with Gasteiger partial charge in [-0.25, -0.2) is 4.98 Å². The van der Waals surface area contributed by atoms with E-state index in [1.54, 1.807) is 7.11 Å². The van der Waals surface area contributed by atoms with Crippen molar-refractivity contribution in [1.82, 2.24) is 9.55 Å². The van der Waals surface area contributed by atoms with E-state index in [4.69, 9.17) is 10.5 Å². The van der Waals surface area contributed by atoms with Gasteiger partial charge in [0.15, 0.2) is 0 Å². The Bertz CT molecular complexity index is 894. The average molecular weight is 375 g/mol. The number of methoxy groups -OCH3 is 1. The van der Waals surface area contributed by atoms with Crippen LogP contribution < -0.4 is 15.8 Å². The van der Waals surface area contributed by atoms with Crippen LogP contribution in [-0.4, -0.2) is 28.6 Å². The molecular weight excluding hydrogens is 352 g/mol. The Kier molecular flexibility index (Phi) is 6.60. The zero-order chi connectivity index (χ0) is 17.8. The number of benzene rings is 2. The van der Waals surface area contributed by atoms with Crippen molar-refractivity contribution in [3.05, 3.63) is 48.5 Å². The summed E-state index contributed by atoms with van der Waals surface area (Å²) < 4.78 is 7.21. The molecule has 1 unspecified atom stereocenters. The molecule has 0 aliphatic heterocycles. The maximum absolute atomic E-state index is 12.4. The molecular formula is C19H23ClN4O2. The SMILES string of the molecule is CCCC(N)C(=O)Nc1nc2ccccc2n1-c1cccc(OC)c1.Cl. The highest BCUT2D eigenvalue weighted by molar-refractivity contribution is 5.95. The van der Waals surface area contributed by atoms with E-state index in [0.717, 1.165) is 28.9 Å². The van der Waals surface area contributed by atoms with Crippen molar-refractivity contribution >= 4 is 35.3 Å². The van der Waals surface area contributed by atoms with Crippen LogP contribution >= 0.6 is 12.4 Å². The molecule has 0 bridgehead atoms. The van der Waals surface area contributed by atoms with Crippen molar-refractivity contribution < 1.29 is 9.53 Å². The fourth-order valence-electron chi connectivity index (χ4n) is 2.77. The van der Waals surface area contributed by atoms with E-state index in [1.807, 2.05) is 60.0 Å². The third-order valence-electron chi connectivity index (χ3n) is 4.04. The van der Waals surface area contributed by atoms with Gasteiger partial charge in [0, 0.05) is 6.07 Å². The molecule has 0 radical (unpaired) electrons. The number of halogens is 1. The largest absolute Gasteiger partial charge is 0.497 e. The number of hydrogen-bond acceptors (Lipinski definition) is 4. The molecule has 0 saturated heterocycles. The van der Waals surface area contributed by atoms with Crippen LogP contribution in [0.2, 0.25) is 0 Å². The predicted molar refractivity (Wildman–Crippen MR) is 106 cm³/mol. The normalized spacial score (nSPS) is 11.7. The van der Waals surface area contributed by atoms with Gasteiger partial charge in [-0.15, -0.1) is 12.4 Å². The van der Waals surface area contributed by atoms with Gasteiger partial charge in [-0.2, -0.15) is 0 Å². The average Bonchev–Trinajstić information content (AvgIpc) is 2.99. The number of ether oxygens (including phenoxy) is 1. The standard InChI is InChI=1S/C19H22N4O2.ClH/c1-3-7-15(20)18(24)22-19-21-16-10-4-5-11-17(16)23(19)13-8-6-9-14(12-13)25-2;/h4-6,8-12,15H,3,7,20H2,1-2H3,(H,21,22,24);1H. The van der Waals surface area contributed by atoms with Crippen LogP contribution in [0.15, 0.2) is 48.5 Å². The van der Waals surface area contributed by atoms with Gasteiger partial charge in [0.05, 0.1) is 29.9 Å². The number of hydrogen-bond donors (Lipinski definition) is 2. The Balaban J connectivity index is 0.00000243. The van der Waals surface area contributed by atoms with Gasteiger partial charge >= 0.3 is 0 Å². The van der Waals surface area contributed by atoms with E-state index in [1.165, 1.54) is 0 Å². The predicted octanol–water partition coefficient (Wildman–Crippen LogP) is 3.52. The molecule has 3 aromatic rings. The number of carbonyl (C=O) groups excluding carboxylic acids is 1. The van der Waals surface area contributed by atoms with Crippen LogP contribution in [0, 0.1) is 0 Å². The van der Waals surface area contributed by atoms with Gasteiger partial charge in [0.1, 0.15) is 5.75 Å². The number of rotatable bonds is 6. The first kappa shape index (κ1) is 19.8. The molecule has 7 heteroatoms. The summed E-state index contributed by atoms with van der Waals surface area (Å²) in [5, 5.41) is 2.87. The Labute approximate surface area is 158 Å². The van der Waals surface area contributed by atoms with Crippen molar-refractivity contribution in [2.75, 3.05) is 12.4 Å². The summed E-state index contributed by atoms with van der Waals surface area (Å²) in [6.45, 7) is 2.00. The maximum Gasteiger partial charge on any atom is 0.243 e. The first-order valence-electron chi connectivity index (χ1n) is 8.32.